The van der Waals surface area contributed by atoms with Crippen LogP contribution in [0, 0.1) is 11.7 Å². The quantitative estimate of drug-likeness (QED) is 0.637. The Hall–Kier alpha value is -2.37. The Morgan fingerprint density at radius 3 is 2.77 bits per heavy atom. The third-order valence-electron chi connectivity index (χ3n) is 6.41. The molecule has 0 saturated carbocycles. The minimum atomic E-state index is -3.10. The van der Waals surface area contributed by atoms with E-state index in [1.54, 1.807) is 16.6 Å². The Morgan fingerprint density at radius 2 is 2.03 bits per heavy atom. The van der Waals surface area contributed by atoms with Gasteiger partial charge in [0, 0.05) is 30.9 Å². The molecule has 2 aliphatic heterocycles. The molecule has 0 amide bonds. The van der Waals surface area contributed by atoms with Crippen molar-refractivity contribution < 1.29 is 17.3 Å². The fourth-order valence-electron chi connectivity index (χ4n) is 4.70. The average molecular weight is 449 g/mol. The number of fused-ring (bicyclic) bond motifs is 1. The molecule has 1 aromatic carbocycles. The number of H-pyrrole nitrogens is 1. The highest BCUT2D eigenvalue weighted by Gasteiger charge is 2.32. The van der Waals surface area contributed by atoms with E-state index >= 15 is 0 Å². The zero-order valence-corrected chi connectivity index (χ0v) is 18.1. The van der Waals surface area contributed by atoms with Crippen LogP contribution >= 0.6 is 0 Å². The van der Waals surface area contributed by atoms with Crippen LogP contribution in [0.2, 0.25) is 0 Å². The van der Waals surface area contributed by atoms with E-state index in [0.29, 0.717) is 35.8 Å². The molecule has 4 heterocycles. The molecule has 2 fully saturated rings. The van der Waals surface area contributed by atoms with Gasteiger partial charge in [-0.1, -0.05) is 5.16 Å². The maximum absolute atomic E-state index is 14.5. The summed E-state index contributed by atoms with van der Waals surface area (Å²) in [6.45, 7) is 3.91. The maximum Gasteiger partial charge on any atom is 0.230 e. The monoisotopic (exact) mass is 448 g/mol. The van der Waals surface area contributed by atoms with Gasteiger partial charge in [-0.15, -0.1) is 0 Å². The maximum atomic E-state index is 14.5. The first-order valence-electron chi connectivity index (χ1n) is 10.5. The Bertz CT molecular complexity index is 1180. The van der Waals surface area contributed by atoms with Crippen molar-refractivity contribution in [1.82, 2.24) is 29.5 Å². The molecule has 166 valence electrons. The van der Waals surface area contributed by atoms with E-state index in [2.05, 4.69) is 25.2 Å². The Morgan fingerprint density at radius 1 is 1.23 bits per heavy atom. The zero-order chi connectivity index (χ0) is 21.6. The van der Waals surface area contributed by atoms with Gasteiger partial charge in [0.25, 0.3) is 0 Å². The molecule has 0 bridgehead atoms. The van der Waals surface area contributed by atoms with Gasteiger partial charge in [0.1, 0.15) is 5.82 Å². The van der Waals surface area contributed by atoms with Gasteiger partial charge >= 0.3 is 0 Å². The molecule has 9 nitrogen and oxygen atoms in total. The first-order chi connectivity index (χ1) is 14.9. The van der Waals surface area contributed by atoms with Gasteiger partial charge in [0.2, 0.25) is 21.7 Å². The topological polar surface area (TPSA) is 108 Å². The number of benzene rings is 1. The number of rotatable bonds is 5. The van der Waals surface area contributed by atoms with E-state index in [4.69, 9.17) is 4.52 Å². The molecule has 3 aromatic rings. The second-order valence-corrected chi connectivity index (χ2v) is 10.5. The number of sulfonamides is 1. The summed E-state index contributed by atoms with van der Waals surface area (Å²) in [7, 11) is -3.10. The molecule has 2 aliphatic rings. The van der Waals surface area contributed by atoms with Gasteiger partial charge in [-0.3, -0.25) is 5.10 Å². The van der Waals surface area contributed by atoms with Crippen molar-refractivity contribution in [2.75, 3.05) is 39.0 Å². The summed E-state index contributed by atoms with van der Waals surface area (Å²) in [5.41, 5.74) is 1.02. The normalized spacial score (nSPS) is 21.9. The first-order valence-corrected chi connectivity index (χ1v) is 12.4. The summed E-state index contributed by atoms with van der Waals surface area (Å²) in [6.07, 6.45) is 5.50. The van der Waals surface area contributed by atoms with E-state index in [1.807, 2.05) is 0 Å². The van der Waals surface area contributed by atoms with Crippen LogP contribution in [-0.2, 0) is 10.0 Å². The van der Waals surface area contributed by atoms with Gasteiger partial charge in [0.15, 0.2) is 0 Å². The molecule has 0 aliphatic carbocycles. The van der Waals surface area contributed by atoms with Crippen molar-refractivity contribution >= 4 is 20.9 Å². The van der Waals surface area contributed by atoms with Crippen molar-refractivity contribution in [3.05, 3.63) is 30.0 Å². The number of halogens is 1. The summed E-state index contributed by atoms with van der Waals surface area (Å²) in [6, 6.07) is 3.01. The van der Waals surface area contributed by atoms with Crippen LogP contribution in [0.5, 0.6) is 0 Å². The molecular formula is C20H25FN6O3S. The van der Waals surface area contributed by atoms with Crippen LogP contribution in [0.1, 0.15) is 31.1 Å². The van der Waals surface area contributed by atoms with E-state index in [9.17, 15) is 12.8 Å². The fraction of sp³-hybridized carbons (Fsp3) is 0.550. The van der Waals surface area contributed by atoms with E-state index in [1.165, 1.54) is 12.3 Å². The highest BCUT2D eigenvalue weighted by atomic mass is 32.2. The lowest BCUT2D eigenvalue weighted by atomic mass is 9.95. The molecular weight excluding hydrogens is 423 g/mol. The second kappa shape index (κ2) is 7.95. The Labute approximate surface area is 179 Å². The van der Waals surface area contributed by atoms with Gasteiger partial charge in [0.05, 0.1) is 23.5 Å². The minimum absolute atomic E-state index is 0.139. The number of nitrogens with one attached hydrogen (secondary N) is 1. The Kier molecular flexibility index (Phi) is 5.27. The second-order valence-electron chi connectivity index (χ2n) is 8.56. The van der Waals surface area contributed by atoms with Crippen LogP contribution in [0.15, 0.2) is 22.9 Å². The van der Waals surface area contributed by atoms with Crippen LogP contribution in [0.4, 0.5) is 4.39 Å². The SMILES string of the molecule is CS(=O)(=O)N1CC[C@H](CN2CCC(c3nc(-c4c(F)ccc5[nH]ncc45)no3)CC2)C1. The van der Waals surface area contributed by atoms with Gasteiger partial charge in [-0.05, 0) is 50.4 Å². The van der Waals surface area contributed by atoms with Gasteiger partial charge in [-0.25, -0.2) is 17.1 Å². The molecule has 0 spiro atoms. The minimum Gasteiger partial charge on any atom is -0.339 e. The zero-order valence-electron chi connectivity index (χ0n) is 17.3. The fourth-order valence-corrected chi connectivity index (χ4v) is 5.61. The molecule has 2 saturated heterocycles. The highest BCUT2D eigenvalue weighted by Crippen LogP contribution is 2.32. The summed E-state index contributed by atoms with van der Waals surface area (Å²) in [5.74, 6) is 0.892. The predicted octanol–water partition coefficient (Wildman–Crippen LogP) is 2.21. The highest BCUT2D eigenvalue weighted by molar-refractivity contribution is 7.88. The van der Waals surface area contributed by atoms with Crippen molar-refractivity contribution in [3.8, 4) is 11.4 Å². The molecule has 11 heteroatoms. The number of hydrogen-bond acceptors (Lipinski definition) is 7. The predicted molar refractivity (Wildman–Crippen MR) is 112 cm³/mol. The van der Waals surface area contributed by atoms with Crippen molar-refractivity contribution in [3.63, 3.8) is 0 Å². The van der Waals surface area contributed by atoms with Crippen molar-refractivity contribution in [1.29, 1.82) is 0 Å². The van der Waals surface area contributed by atoms with E-state index < -0.39 is 15.8 Å². The van der Waals surface area contributed by atoms with Crippen LogP contribution < -0.4 is 0 Å². The first kappa shape index (κ1) is 20.5. The molecule has 1 N–H and O–H groups in total. The van der Waals surface area contributed by atoms with E-state index in [-0.39, 0.29) is 11.7 Å². The number of likely N-dealkylation sites (tertiary alicyclic amines) is 1. The van der Waals surface area contributed by atoms with Crippen LogP contribution in [-0.4, -0.2) is 76.9 Å². The third-order valence-corrected chi connectivity index (χ3v) is 7.68. The number of aromatic nitrogens is 4. The van der Waals surface area contributed by atoms with Crippen LogP contribution in [0.3, 0.4) is 0 Å². The van der Waals surface area contributed by atoms with Gasteiger partial charge in [-0.2, -0.15) is 10.1 Å². The average Bonchev–Trinajstić information content (AvgIpc) is 3.48. The number of aromatic amines is 1. The molecule has 2 aromatic heterocycles. The smallest absolute Gasteiger partial charge is 0.230 e. The summed E-state index contributed by atoms with van der Waals surface area (Å²) in [4.78, 5) is 6.89. The lowest BCUT2D eigenvalue weighted by Crippen LogP contribution is -2.37. The number of nitrogens with zero attached hydrogens (tertiary/aromatic N) is 5. The molecule has 31 heavy (non-hydrogen) atoms. The van der Waals surface area contributed by atoms with Crippen molar-refractivity contribution in [2.45, 2.75) is 25.2 Å². The molecule has 0 unspecified atom stereocenters. The lowest BCUT2D eigenvalue weighted by Gasteiger charge is -2.32. The lowest BCUT2D eigenvalue weighted by molar-refractivity contribution is 0.172. The largest absolute Gasteiger partial charge is 0.339 e. The molecule has 5 rings (SSSR count). The Balaban J connectivity index is 1.22. The number of hydrogen-bond donors (Lipinski definition) is 1. The summed E-state index contributed by atoms with van der Waals surface area (Å²) < 4.78 is 45.0. The summed E-state index contributed by atoms with van der Waals surface area (Å²) >= 11 is 0. The molecule has 0 radical (unpaired) electrons. The third kappa shape index (κ3) is 4.09. The molecule has 1 atom stereocenters. The standard InChI is InChI=1S/C20H25FN6O3S/c1-31(28,29)27-9-4-13(12-27)11-26-7-5-14(6-8-26)20-23-19(25-30-20)18-15-10-22-24-17(15)3-2-16(18)21/h2-3,10,13-14H,4-9,11-12H2,1H3,(H,22,24)/t13-/m1/s1. The number of piperidine rings is 1. The van der Waals surface area contributed by atoms with E-state index in [0.717, 1.165) is 44.4 Å². The summed E-state index contributed by atoms with van der Waals surface area (Å²) in [5, 5.41) is 11.5. The van der Waals surface area contributed by atoms with Crippen molar-refractivity contribution in [2.24, 2.45) is 5.92 Å². The van der Waals surface area contributed by atoms with Crippen LogP contribution in [0.25, 0.3) is 22.3 Å². The van der Waals surface area contributed by atoms with Gasteiger partial charge < -0.3 is 9.42 Å².